The minimum absolute atomic E-state index is 0.192. The topological polar surface area (TPSA) is 194 Å². The Labute approximate surface area is 365 Å². The van der Waals surface area contributed by atoms with Crippen LogP contribution in [0.2, 0.25) is 0 Å². The van der Waals surface area contributed by atoms with Crippen molar-refractivity contribution in [1.29, 1.82) is 0 Å². The third-order valence-corrected chi connectivity index (χ3v) is 10.5. The highest BCUT2D eigenvalue weighted by Gasteiger charge is 2.43. The van der Waals surface area contributed by atoms with Gasteiger partial charge < -0.3 is 44.4 Å². The lowest BCUT2D eigenvalue weighted by atomic mass is 9.69. The first-order valence-corrected chi connectivity index (χ1v) is 21.1. The lowest BCUT2D eigenvalue weighted by Gasteiger charge is -2.46. The van der Waals surface area contributed by atoms with Crippen molar-refractivity contribution in [2.24, 2.45) is 5.41 Å². The molecule has 0 radical (unpaired) electrons. The van der Waals surface area contributed by atoms with Gasteiger partial charge in [0.05, 0.1) is 30.0 Å². The molecule has 0 aliphatic rings. The lowest BCUT2D eigenvalue weighted by Crippen LogP contribution is -2.53. The number of amides is 3. The number of carbonyl (C=O) groups excluding carboxylic acids is 6. The summed E-state index contributed by atoms with van der Waals surface area (Å²) in [7, 11) is 0. The molecule has 0 bridgehead atoms. The Hall–Kier alpha value is -4.08. The number of ether oxygens (including phenoxy) is 6. The highest BCUT2D eigenvalue weighted by Crippen LogP contribution is 2.43. The molecule has 61 heavy (non-hydrogen) atoms. The second-order valence-corrected chi connectivity index (χ2v) is 18.9. The molecule has 0 rings (SSSR count). The van der Waals surface area contributed by atoms with Crippen LogP contribution in [0.4, 0.5) is 0 Å². The molecule has 0 aliphatic heterocycles. The van der Waals surface area contributed by atoms with Gasteiger partial charge in [0.1, 0.15) is 0 Å². The second kappa shape index (κ2) is 25.1. The molecule has 0 fully saturated rings. The molecule has 0 aromatic heterocycles. The van der Waals surface area contributed by atoms with Crippen LogP contribution in [0.25, 0.3) is 0 Å². The van der Waals surface area contributed by atoms with Crippen LogP contribution in [0.15, 0.2) is 36.5 Å². The normalized spacial score (nSPS) is 14.9. The Morgan fingerprint density at radius 3 is 1.30 bits per heavy atom. The Morgan fingerprint density at radius 2 is 0.918 bits per heavy atom. The summed E-state index contributed by atoms with van der Waals surface area (Å²) in [6.07, 6.45) is 3.99. The van der Waals surface area contributed by atoms with E-state index in [1.807, 2.05) is 55.4 Å². The Kier molecular flexibility index (Phi) is 23.5. The lowest BCUT2D eigenvalue weighted by molar-refractivity contribution is -0.147. The van der Waals surface area contributed by atoms with Gasteiger partial charge >= 0.3 is 17.9 Å². The quantitative estimate of drug-likeness (QED) is 0.0302. The predicted molar refractivity (Wildman–Crippen MR) is 235 cm³/mol. The van der Waals surface area contributed by atoms with Crippen molar-refractivity contribution in [2.45, 2.75) is 170 Å². The maximum absolute atomic E-state index is 12.8. The van der Waals surface area contributed by atoms with E-state index in [1.54, 1.807) is 0 Å². The van der Waals surface area contributed by atoms with Gasteiger partial charge in [-0.05, 0) is 127 Å². The Bertz CT molecular complexity index is 1550. The van der Waals surface area contributed by atoms with Gasteiger partial charge in [-0.3, -0.25) is 14.4 Å². The second-order valence-electron chi connectivity index (χ2n) is 18.9. The van der Waals surface area contributed by atoms with Crippen molar-refractivity contribution in [3.63, 3.8) is 0 Å². The summed E-state index contributed by atoms with van der Waals surface area (Å²) in [5.74, 6) is -3.23. The first-order chi connectivity index (χ1) is 27.9. The molecule has 3 atom stereocenters. The van der Waals surface area contributed by atoms with E-state index >= 15 is 0 Å². The summed E-state index contributed by atoms with van der Waals surface area (Å²) in [6.45, 7) is 36.6. The Balaban J connectivity index is 6.15. The summed E-state index contributed by atoms with van der Waals surface area (Å²) in [5.41, 5.74) is -3.28. The van der Waals surface area contributed by atoms with Gasteiger partial charge in [-0.25, -0.2) is 14.4 Å². The molecule has 3 amide bonds. The van der Waals surface area contributed by atoms with Crippen LogP contribution in [0.1, 0.15) is 142 Å². The van der Waals surface area contributed by atoms with Gasteiger partial charge in [0.25, 0.3) is 17.7 Å². The summed E-state index contributed by atoms with van der Waals surface area (Å²) >= 11 is 0. The smallest absolute Gasteiger partial charge is 0.333 e. The fourth-order valence-electron chi connectivity index (χ4n) is 6.39. The Morgan fingerprint density at radius 1 is 0.508 bits per heavy atom. The molecule has 0 aliphatic carbocycles. The van der Waals surface area contributed by atoms with E-state index in [0.717, 1.165) is 0 Å². The van der Waals surface area contributed by atoms with E-state index in [0.29, 0.717) is 64.8 Å². The molecule has 0 heterocycles. The first kappa shape index (κ1) is 56.9. The average Bonchev–Trinajstić information content (AvgIpc) is 3.14. The van der Waals surface area contributed by atoms with E-state index in [4.69, 9.17) is 28.4 Å². The highest BCUT2D eigenvalue weighted by molar-refractivity contribution is 5.90. The SMILES string of the molecule is C=C(C)C(=O)OCC(=O)NC(C)(C)CCOCC(CC)(CC(C)(C)OCCC(C)(C)NC(=O)COC(=O)C(=C)C)CC(C)(CC)OCC(C)(CC)NC(=O)COC(=O)C(=C)C. The molecule has 350 valence electrons. The van der Waals surface area contributed by atoms with Crippen LogP contribution >= 0.6 is 0 Å². The fourth-order valence-corrected chi connectivity index (χ4v) is 6.39. The minimum atomic E-state index is -0.760. The van der Waals surface area contributed by atoms with Crippen molar-refractivity contribution in [2.75, 3.05) is 46.2 Å². The van der Waals surface area contributed by atoms with Crippen molar-refractivity contribution in [3.05, 3.63) is 36.5 Å². The summed E-state index contributed by atoms with van der Waals surface area (Å²) in [4.78, 5) is 73.3. The van der Waals surface area contributed by atoms with Crippen LogP contribution in [0.5, 0.6) is 0 Å². The maximum atomic E-state index is 12.8. The zero-order chi connectivity index (χ0) is 47.5. The third kappa shape index (κ3) is 23.6. The summed E-state index contributed by atoms with van der Waals surface area (Å²) in [6, 6.07) is 0. The molecule has 3 N–H and O–H groups in total. The number of hydrogen-bond donors (Lipinski definition) is 3. The van der Waals surface area contributed by atoms with E-state index in [9.17, 15) is 28.8 Å². The minimum Gasteiger partial charge on any atom is -0.452 e. The van der Waals surface area contributed by atoms with Crippen molar-refractivity contribution in [1.82, 2.24) is 16.0 Å². The predicted octanol–water partition coefficient (Wildman–Crippen LogP) is 6.37. The largest absolute Gasteiger partial charge is 0.452 e. The third-order valence-electron chi connectivity index (χ3n) is 10.5. The zero-order valence-corrected chi connectivity index (χ0v) is 39.9. The summed E-state index contributed by atoms with van der Waals surface area (Å²) in [5, 5.41) is 8.78. The number of nitrogens with one attached hydrogen (secondary N) is 3. The van der Waals surface area contributed by atoms with Gasteiger partial charge in [0, 0.05) is 41.0 Å². The molecule has 3 unspecified atom stereocenters. The molecule has 0 aromatic carbocycles. The number of rotatable bonds is 31. The van der Waals surface area contributed by atoms with Gasteiger partial charge in [0.15, 0.2) is 19.8 Å². The number of carbonyl (C=O) groups is 6. The van der Waals surface area contributed by atoms with Gasteiger partial charge in [0.2, 0.25) is 0 Å². The average molecular weight is 866 g/mol. The zero-order valence-electron chi connectivity index (χ0n) is 39.9. The molecule has 0 saturated carbocycles. The van der Waals surface area contributed by atoms with Gasteiger partial charge in [-0.15, -0.1) is 0 Å². The van der Waals surface area contributed by atoms with E-state index in [-0.39, 0.29) is 23.3 Å². The number of esters is 3. The summed E-state index contributed by atoms with van der Waals surface area (Å²) < 4.78 is 34.8. The van der Waals surface area contributed by atoms with Crippen LogP contribution in [0.3, 0.4) is 0 Å². The van der Waals surface area contributed by atoms with Crippen molar-refractivity contribution < 1.29 is 57.2 Å². The van der Waals surface area contributed by atoms with E-state index in [1.165, 1.54) is 20.8 Å². The van der Waals surface area contributed by atoms with E-state index in [2.05, 4.69) is 56.5 Å². The molecule has 0 spiro atoms. The maximum Gasteiger partial charge on any atom is 0.333 e. The van der Waals surface area contributed by atoms with Crippen LogP contribution in [-0.2, 0) is 57.2 Å². The molecule has 15 nitrogen and oxygen atoms in total. The van der Waals surface area contributed by atoms with Gasteiger partial charge in [-0.1, -0.05) is 40.5 Å². The first-order valence-electron chi connectivity index (χ1n) is 21.1. The van der Waals surface area contributed by atoms with Crippen LogP contribution in [0, 0.1) is 5.41 Å². The molecule has 0 saturated heterocycles. The number of hydrogen-bond acceptors (Lipinski definition) is 12. The van der Waals surface area contributed by atoms with E-state index < -0.39 is 88.7 Å². The molecule has 0 aromatic rings. The van der Waals surface area contributed by atoms with Crippen LogP contribution in [-0.4, -0.2) is 110 Å². The molecular weight excluding hydrogens is 787 g/mol. The fraction of sp³-hybridized carbons (Fsp3) is 0.739. The highest BCUT2D eigenvalue weighted by atomic mass is 16.5. The van der Waals surface area contributed by atoms with Crippen molar-refractivity contribution in [3.8, 4) is 0 Å². The standard InChI is InChI=1S/C46H79N3O12/c1-18-44(16,49-37(52)27-59-40(55)34(8)9)30-61-45(17,19-2)29-46(20-3,31-56-23-21-41(10,11)47-35(50)25-57-38(53)32(4)5)28-43(14,15)60-24-22-42(12,13)48-36(51)26-58-39(54)33(6)7/h4,6,8,18-31H2,1-3,5,7,9-17H3,(H,47,50)(H,48,51)(H,49,52). The molecular formula is C46H79N3O12. The monoisotopic (exact) mass is 866 g/mol. The van der Waals surface area contributed by atoms with Gasteiger partial charge in [-0.2, -0.15) is 0 Å². The van der Waals surface area contributed by atoms with Crippen LogP contribution < -0.4 is 16.0 Å². The molecule has 15 heteroatoms. The van der Waals surface area contributed by atoms with Crippen molar-refractivity contribution >= 4 is 35.6 Å².